The van der Waals surface area contributed by atoms with Crippen molar-refractivity contribution < 1.29 is 19.0 Å². The molecule has 0 spiro atoms. The van der Waals surface area contributed by atoms with Gasteiger partial charge in [0.25, 0.3) is 5.91 Å². The van der Waals surface area contributed by atoms with Crippen molar-refractivity contribution in [3.63, 3.8) is 0 Å². The predicted octanol–water partition coefficient (Wildman–Crippen LogP) is 5.11. The number of para-hydroxylation sites is 2. The third-order valence-corrected chi connectivity index (χ3v) is 6.65. The Morgan fingerprint density at radius 3 is 2.16 bits per heavy atom. The zero-order valence-electron chi connectivity index (χ0n) is 22.0. The summed E-state index contributed by atoms with van der Waals surface area (Å²) in [6, 6.07) is 17.0. The number of carbonyl (C=O) groups excluding carboxylic acids is 1. The van der Waals surface area contributed by atoms with Gasteiger partial charge < -0.3 is 29.8 Å². The number of nitrogen functional groups attached to an aromatic ring is 1. The molecule has 2 aromatic heterocycles. The topological polar surface area (TPSA) is 114 Å². The van der Waals surface area contributed by atoms with Crippen molar-refractivity contribution in [1.29, 1.82) is 0 Å². The number of methoxy groups -OCH3 is 3. The lowest BCUT2D eigenvalue weighted by Crippen LogP contribution is -2.15. The molecule has 5 rings (SSSR count). The van der Waals surface area contributed by atoms with Crippen LogP contribution >= 0.6 is 0 Å². The van der Waals surface area contributed by atoms with Gasteiger partial charge in [0.2, 0.25) is 5.75 Å². The number of anilines is 2. The lowest BCUT2D eigenvalue weighted by molar-refractivity contribution is 0.102. The van der Waals surface area contributed by atoms with Crippen LogP contribution < -0.4 is 25.3 Å². The first-order chi connectivity index (χ1) is 18.3. The molecule has 3 N–H and O–H groups in total. The van der Waals surface area contributed by atoms with Crippen molar-refractivity contribution in [3.8, 4) is 17.2 Å². The van der Waals surface area contributed by atoms with Gasteiger partial charge in [-0.25, -0.2) is 9.97 Å². The van der Waals surface area contributed by atoms with Gasteiger partial charge in [0.15, 0.2) is 17.1 Å². The minimum absolute atomic E-state index is 0.255. The lowest BCUT2D eigenvalue weighted by Gasteiger charge is -2.15. The summed E-state index contributed by atoms with van der Waals surface area (Å²) in [5.74, 6) is 1.42. The summed E-state index contributed by atoms with van der Waals surface area (Å²) in [5.41, 5.74) is 12.9. The van der Waals surface area contributed by atoms with E-state index in [2.05, 4.69) is 5.32 Å². The van der Waals surface area contributed by atoms with Gasteiger partial charge in [-0.3, -0.25) is 4.79 Å². The number of nitrogens with one attached hydrogen (secondary N) is 1. The van der Waals surface area contributed by atoms with E-state index in [1.54, 1.807) is 25.9 Å². The van der Waals surface area contributed by atoms with Gasteiger partial charge in [-0.2, -0.15) is 0 Å². The van der Waals surface area contributed by atoms with Crippen LogP contribution in [0.15, 0.2) is 54.6 Å². The maximum absolute atomic E-state index is 13.6. The van der Waals surface area contributed by atoms with Gasteiger partial charge >= 0.3 is 0 Å². The number of fused-ring (bicyclic) bond motifs is 2. The Morgan fingerprint density at radius 1 is 0.895 bits per heavy atom. The van der Waals surface area contributed by atoms with E-state index in [0.29, 0.717) is 51.7 Å². The molecule has 194 valence electrons. The van der Waals surface area contributed by atoms with E-state index in [9.17, 15) is 4.79 Å². The molecule has 0 aliphatic carbocycles. The second-order valence-corrected chi connectivity index (χ2v) is 9.02. The molecule has 1 amide bonds. The maximum Gasteiger partial charge on any atom is 0.261 e. The average Bonchev–Trinajstić information content (AvgIpc) is 3.18. The number of nitrogens with zero attached hydrogens (tertiary/aromatic N) is 3. The molecule has 0 bridgehead atoms. The molecular weight excluding hydrogens is 482 g/mol. The number of benzene rings is 3. The summed E-state index contributed by atoms with van der Waals surface area (Å²) in [4.78, 5) is 23.2. The van der Waals surface area contributed by atoms with Crippen LogP contribution in [0.4, 0.5) is 11.5 Å². The minimum atomic E-state index is -0.357. The molecule has 38 heavy (non-hydrogen) atoms. The highest BCUT2D eigenvalue weighted by molar-refractivity contribution is 6.16. The SMILES string of the molecule is COc1cc(Cn2c(N)c(C(=O)Nc3ccc(C)c(C)c3)c3nc4ccccc4nc32)cc(OC)c1OC. The fourth-order valence-electron chi connectivity index (χ4n) is 4.52. The van der Waals surface area contributed by atoms with Crippen molar-refractivity contribution in [2.75, 3.05) is 32.4 Å². The molecule has 0 unspecified atom stereocenters. The molecule has 2 heterocycles. The first kappa shape index (κ1) is 24.9. The van der Waals surface area contributed by atoms with Gasteiger partial charge in [-0.1, -0.05) is 18.2 Å². The van der Waals surface area contributed by atoms with E-state index in [1.807, 2.05) is 68.4 Å². The number of hydrogen-bond acceptors (Lipinski definition) is 7. The van der Waals surface area contributed by atoms with E-state index < -0.39 is 0 Å². The van der Waals surface area contributed by atoms with E-state index in [-0.39, 0.29) is 17.3 Å². The van der Waals surface area contributed by atoms with Crippen molar-refractivity contribution in [1.82, 2.24) is 14.5 Å². The van der Waals surface area contributed by atoms with Gasteiger partial charge in [-0.05, 0) is 66.9 Å². The van der Waals surface area contributed by atoms with Crippen LogP contribution in [0.2, 0.25) is 0 Å². The predicted molar refractivity (Wildman–Crippen MR) is 149 cm³/mol. The largest absolute Gasteiger partial charge is 0.493 e. The van der Waals surface area contributed by atoms with Crippen LogP contribution in [0, 0.1) is 13.8 Å². The number of rotatable bonds is 7. The Kier molecular flexibility index (Phi) is 6.50. The highest BCUT2D eigenvalue weighted by Crippen LogP contribution is 2.39. The van der Waals surface area contributed by atoms with Gasteiger partial charge in [-0.15, -0.1) is 0 Å². The fraction of sp³-hybridized carbons (Fsp3) is 0.207. The number of aryl methyl sites for hydroxylation is 2. The number of nitrogens with two attached hydrogens (primary N) is 1. The van der Waals surface area contributed by atoms with Gasteiger partial charge in [0.05, 0.1) is 38.9 Å². The van der Waals surface area contributed by atoms with Crippen LogP contribution in [0.3, 0.4) is 0 Å². The monoisotopic (exact) mass is 511 g/mol. The van der Waals surface area contributed by atoms with Crippen LogP contribution in [0.1, 0.15) is 27.0 Å². The van der Waals surface area contributed by atoms with Gasteiger partial charge in [0, 0.05) is 5.69 Å². The summed E-state index contributed by atoms with van der Waals surface area (Å²) in [7, 11) is 4.68. The molecule has 9 heteroatoms. The van der Waals surface area contributed by atoms with E-state index in [0.717, 1.165) is 16.7 Å². The normalized spacial score (nSPS) is 11.1. The van der Waals surface area contributed by atoms with Crippen LogP contribution in [0.5, 0.6) is 17.2 Å². The standard InChI is InChI=1S/C29H29N5O4/c1-16-10-11-19(12-17(16)2)31-29(35)24-25-28(33-21-9-7-6-8-20(21)32-25)34(27(24)30)15-18-13-22(36-3)26(38-5)23(14-18)37-4/h6-14H,15,30H2,1-5H3,(H,31,35). The number of carbonyl (C=O) groups is 1. The van der Waals surface area contributed by atoms with E-state index in [4.69, 9.17) is 29.9 Å². The highest BCUT2D eigenvalue weighted by Gasteiger charge is 2.25. The van der Waals surface area contributed by atoms with Crippen molar-refractivity contribution in [2.24, 2.45) is 0 Å². The molecule has 0 saturated heterocycles. The van der Waals surface area contributed by atoms with Crippen molar-refractivity contribution in [3.05, 3.63) is 76.9 Å². The molecule has 0 atom stereocenters. The average molecular weight is 512 g/mol. The number of aromatic nitrogens is 3. The zero-order chi connectivity index (χ0) is 27.0. The molecule has 0 saturated carbocycles. The maximum atomic E-state index is 13.6. The molecule has 0 radical (unpaired) electrons. The van der Waals surface area contributed by atoms with Crippen molar-refractivity contribution >= 4 is 39.6 Å². The quantitative estimate of drug-likeness (QED) is 0.312. The third-order valence-electron chi connectivity index (χ3n) is 6.65. The molecule has 0 aliphatic rings. The molecule has 0 aliphatic heterocycles. The summed E-state index contributed by atoms with van der Waals surface area (Å²) >= 11 is 0. The fourth-order valence-corrected chi connectivity index (χ4v) is 4.52. The second kappa shape index (κ2) is 9.93. The summed E-state index contributed by atoms with van der Waals surface area (Å²) < 4.78 is 18.3. The smallest absolute Gasteiger partial charge is 0.261 e. The highest BCUT2D eigenvalue weighted by atomic mass is 16.5. The van der Waals surface area contributed by atoms with Crippen LogP contribution in [-0.4, -0.2) is 41.8 Å². The third kappa shape index (κ3) is 4.32. The Labute approximate surface area is 220 Å². The van der Waals surface area contributed by atoms with Crippen LogP contribution in [0.25, 0.3) is 22.2 Å². The van der Waals surface area contributed by atoms with Crippen molar-refractivity contribution in [2.45, 2.75) is 20.4 Å². The zero-order valence-corrected chi connectivity index (χ0v) is 22.0. The first-order valence-electron chi connectivity index (χ1n) is 12.1. The van der Waals surface area contributed by atoms with E-state index in [1.165, 1.54) is 0 Å². The second-order valence-electron chi connectivity index (χ2n) is 9.02. The molecule has 9 nitrogen and oxygen atoms in total. The molecule has 0 fully saturated rings. The van der Waals surface area contributed by atoms with Crippen LogP contribution in [-0.2, 0) is 6.54 Å². The number of amides is 1. The number of ether oxygens (including phenoxy) is 3. The molecular formula is C29H29N5O4. The Morgan fingerprint density at radius 2 is 1.55 bits per heavy atom. The Bertz CT molecular complexity index is 1670. The molecule has 3 aromatic carbocycles. The summed E-state index contributed by atoms with van der Waals surface area (Å²) in [5, 5.41) is 2.98. The van der Waals surface area contributed by atoms with Gasteiger partial charge in [0.1, 0.15) is 16.9 Å². The molecule has 5 aromatic rings. The summed E-state index contributed by atoms with van der Waals surface area (Å²) in [6.07, 6.45) is 0. The Hall–Kier alpha value is -4.79. The van der Waals surface area contributed by atoms with E-state index >= 15 is 0 Å². The minimum Gasteiger partial charge on any atom is -0.493 e. The number of hydrogen-bond donors (Lipinski definition) is 2. The lowest BCUT2D eigenvalue weighted by atomic mass is 10.1. The first-order valence-corrected chi connectivity index (χ1v) is 12.1. The Balaban J connectivity index is 1.66. The summed E-state index contributed by atoms with van der Waals surface area (Å²) in [6.45, 7) is 4.32.